The maximum atomic E-state index is 12.7. The summed E-state index contributed by atoms with van der Waals surface area (Å²) < 4.78 is 5.37. The molecule has 1 N–H and O–H groups in total. The SMILES string of the molecule is CC(C)C1(C(=O)N(C)C2CCOC2)CCNC1. The monoisotopic (exact) mass is 240 g/mol. The van der Waals surface area contributed by atoms with Crippen LogP contribution in [0.25, 0.3) is 0 Å². The molecular weight excluding hydrogens is 216 g/mol. The minimum absolute atomic E-state index is 0.197. The Morgan fingerprint density at radius 1 is 1.53 bits per heavy atom. The Bertz CT molecular complexity index is 279. The second-order valence-corrected chi connectivity index (χ2v) is 5.67. The van der Waals surface area contributed by atoms with E-state index in [0.717, 1.165) is 32.5 Å². The second kappa shape index (κ2) is 4.94. The first-order valence-corrected chi connectivity index (χ1v) is 6.63. The quantitative estimate of drug-likeness (QED) is 0.796. The van der Waals surface area contributed by atoms with Crippen LogP contribution in [0.5, 0.6) is 0 Å². The number of rotatable bonds is 3. The lowest BCUT2D eigenvalue weighted by molar-refractivity contribution is -0.144. The first-order valence-electron chi connectivity index (χ1n) is 6.63. The average Bonchev–Trinajstić information content (AvgIpc) is 2.98. The van der Waals surface area contributed by atoms with Crippen molar-refractivity contribution in [1.82, 2.24) is 10.2 Å². The van der Waals surface area contributed by atoms with Gasteiger partial charge in [-0.25, -0.2) is 0 Å². The molecule has 0 aromatic carbocycles. The molecule has 98 valence electrons. The van der Waals surface area contributed by atoms with Crippen LogP contribution in [0.3, 0.4) is 0 Å². The van der Waals surface area contributed by atoms with Crippen molar-refractivity contribution >= 4 is 5.91 Å². The van der Waals surface area contributed by atoms with Gasteiger partial charge in [0.1, 0.15) is 0 Å². The highest BCUT2D eigenvalue weighted by atomic mass is 16.5. The molecule has 4 nitrogen and oxygen atoms in total. The van der Waals surface area contributed by atoms with Crippen LogP contribution >= 0.6 is 0 Å². The Hall–Kier alpha value is -0.610. The van der Waals surface area contributed by atoms with Gasteiger partial charge in [-0.3, -0.25) is 4.79 Å². The van der Waals surface area contributed by atoms with Crippen molar-refractivity contribution in [1.29, 1.82) is 0 Å². The summed E-state index contributed by atoms with van der Waals surface area (Å²) in [7, 11) is 1.93. The van der Waals surface area contributed by atoms with Gasteiger partial charge in [0, 0.05) is 20.2 Å². The lowest BCUT2D eigenvalue weighted by atomic mass is 9.75. The largest absolute Gasteiger partial charge is 0.379 e. The zero-order valence-electron chi connectivity index (χ0n) is 11.2. The van der Waals surface area contributed by atoms with E-state index in [1.807, 2.05) is 11.9 Å². The Labute approximate surface area is 104 Å². The summed E-state index contributed by atoms with van der Waals surface area (Å²) in [6.07, 6.45) is 1.94. The van der Waals surface area contributed by atoms with E-state index in [1.165, 1.54) is 0 Å². The van der Waals surface area contributed by atoms with Crippen molar-refractivity contribution in [2.75, 3.05) is 33.4 Å². The lowest BCUT2D eigenvalue weighted by Gasteiger charge is -2.37. The van der Waals surface area contributed by atoms with Gasteiger partial charge in [0.15, 0.2) is 0 Å². The molecule has 0 bridgehead atoms. The summed E-state index contributed by atoms with van der Waals surface area (Å²) in [6.45, 7) is 7.58. The van der Waals surface area contributed by atoms with E-state index in [9.17, 15) is 4.79 Å². The third-order valence-corrected chi connectivity index (χ3v) is 4.49. The third-order valence-electron chi connectivity index (χ3n) is 4.49. The second-order valence-electron chi connectivity index (χ2n) is 5.67. The van der Waals surface area contributed by atoms with Crippen molar-refractivity contribution < 1.29 is 9.53 Å². The van der Waals surface area contributed by atoms with Crippen LogP contribution in [-0.2, 0) is 9.53 Å². The number of carbonyl (C=O) groups is 1. The summed E-state index contributed by atoms with van der Waals surface area (Å²) >= 11 is 0. The Morgan fingerprint density at radius 2 is 2.29 bits per heavy atom. The smallest absolute Gasteiger partial charge is 0.230 e. The molecular formula is C13H24N2O2. The Morgan fingerprint density at radius 3 is 2.76 bits per heavy atom. The molecule has 0 saturated carbocycles. The number of likely N-dealkylation sites (N-methyl/N-ethyl adjacent to an activating group) is 1. The molecule has 0 radical (unpaired) electrons. The van der Waals surface area contributed by atoms with Crippen LogP contribution in [0, 0.1) is 11.3 Å². The number of carbonyl (C=O) groups excluding carboxylic acids is 1. The molecule has 0 aromatic rings. The van der Waals surface area contributed by atoms with Crippen LogP contribution in [0.4, 0.5) is 0 Å². The normalized spacial score (nSPS) is 33.3. The summed E-state index contributed by atoms with van der Waals surface area (Å²) in [6, 6.07) is 0.277. The molecule has 17 heavy (non-hydrogen) atoms. The van der Waals surface area contributed by atoms with Gasteiger partial charge >= 0.3 is 0 Å². The molecule has 2 heterocycles. The molecule has 1 amide bonds. The fourth-order valence-electron chi connectivity index (χ4n) is 2.98. The van der Waals surface area contributed by atoms with E-state index in [-0.39, 0.29) is 11.5 Å². The van der Waals surface area contributed by atoms with Crippen LogP contribution < -0.4 is 5.32 Å². The predicted molar refractivity (Wildman–Crippen MR) is 66.8 cm³/mol. The Kier molecular flexibility index (Phi) is 3.73. The summed E-state index contributed by atoms with van der Waals surface area (Å²) in [5.41, 5.74) is -0.197. The molecule has 2 aliphatic heterocycles. The lowest BCUT2D eigenvalue weighted by Crippen LogP contribution is -2.50. The van der Waals surface area contributed by atoms with Crippen molar-refractivity contribution in [2.24, 2.45) is 11.3 Å². The maximum absolute atomic E-state index is 12.7. The average molecular weight is 240 g/mol. The molecule has 2 rings (SSSR count). The fourth-order valence-corrected chi connectivity index (χ4v) is 2.98. The van der Waals surface area contributed by atoms with Crippen LogP contribution in [0.1, 0.15) is 26.7 Å². The van der Waals surface area contributed by atoms with Crippen molar-refractivity contribution in [2.45, 2.75) is 32.7 Å². The molecule has 0 aromatic heterocycles. The zero-order valence-corrected chi connectivity index (χ0v) is 11.2. The van der Waals surface area contributed by atoms with Gasteiger partial charge < -0.3 is 15.0 Å². The Balaban J connectivity index is 2.10. The van der Waals surface area contributed by atoms with E-state index in [1.54, 1.807) is 0 Å². The summed E-state index contributed by atoms with van der Waals surface area (Å²) in [5, 5.41) is 3.34. The third kappa shape index (κ3) is 2.20. The van der Waals surface area contributed by atoms with Crippen LogP contribution in [0.15, 0.2) is 0 Å². The highest BCUT2D eigenvalue weighted by Crippen LogP contribution is 2.36. The maximum Gasteiger partial charge on any atom is 0.230 e. The number of nitrogens with one attached hydrogen (secondary N) is 1. The minimum atomic E-state index is -0.197. The molecule has 2 saturated heterocycles. The zero-order chi connectivity index (χ0) is 12.5. The first kappa shape index (κ1) is 12.8. The molecule has 0 aliphatic carbocycles. The molecule has 4 heteroatoms. The van der Waals surface area contributed by atoms with Gasteiger partial charge in [-0.2, -0.15) is 0 Å². The number of ether oxygens (including phenoxy) is 1. The fraction of sp³-hybridized carbons (Fsp3) is 0.923. The van der Waals surface area contributed by atoms with E-state index < -0.39 is 0 Å². The van der Waals surface area contributed by atoms with Gasteiger partial charge in [-0.05, 0) is 25.3 Å². The summed E-state index contributed by atoms with van der Waals surface area (Å²) in [5.74, 6) is 0.683. The first-order chi connectivity index (χ1) is 8.08. The topological polar surface area (TPSA) is 41.6 Å². The van der Waals surface area contributed by atoms with Crippen molar-refractivity contribution in [3.63, 3.8) is 0 Å². The number of nitrogens with zero attached hydrogens (tertiary/aromatic N) is 1. The van der Waals surface area contributed by atoms with E-state index in [0.29, 0.717) is 18.4 Å². The molecule has 2 atom stereocenters. The molecule has 2 aliphatic rings. The van der Waals surface area contributed by atoms with Gasteiger partial charge in [0.25, 0.3) is 0 Å². The van der Waals surface area contributed by atoms with E-state index in [2.05, 4.69) is 19.2 Å². The van der Waals surface area contributed by atoms with Crippen molar-refractivity contribution in [3.8, 4) is 0 Å². The van der Waals surface area contributed by atoms with Gasteiger partial charge in [-0.15, -0.1) is 0 Å². The minimum Gasteiger partial charge on any atom is -0.379 e. The van der Waals surface area contributed by atoms with E-state index in [4.69, 9.17) is 4.74 Å². The number of amides is 1. The molecule has 2 unspecified atom stereocenters. The van der Waals surface area contributed by atoms with Gasteiger partial charge in [0.2, 0.25) is 5.91 Å². The number of hydrogen-bond donors (Lipinski definition) is 1. The van der Waals surface area contributed by atoms with E-state index >= 15 is 0 Å². The molecule has 2 fully saturated rings. The van der Waals surface area contributed by atoms with Gasteiger partial charge in [0.05, 0.1) is 18.1 Å². The highest BCUT2D eigenvalue weighted by molar-refractivity contribution is 5.83. The summed E-state index contributed by atoms with van der Waals surface area (Å²) in [4.78, 5) is 14.7. The molecule has 0 spiro atoms. The van der Waals surface area contributed by atoms with Crippen LogP contribution in [-0.4, -0.2) is 50.2 Å². The van der Waals surface area contributed by atoms with Gasteiger partial charge in [-0.1, -0.05) is 13.8 Å². The van der Waals surface area contributed by atoms with Crippen LogP contribution in [0.2, 0.25) is 0 Å². The predicted octanol–water partition coefficient (Wildman–Crippen LogP) is 0.869. The standard InChI is InChI=1S/C13H24N2O2/c1-10(2)13(5-6-14-9-13)12(16)15(3)11-4-7-17-8-11/h10-11,14H,4-9H2,1-3H3. The highest BCUT2D eigenvalue weighted by Gasteiger charge is 2.46. The number of hydrogen-bond acceptors (Lipinski definition) is 3. The van der Waals surface area contributed by atoms with Crippen molar-refractivity contribution in [3.05, 3.63) is 0 Å².